The second-order valence-corrected chi connectivity index (χ2v) is 8.59. The van der Waals surface area contributed by atoms with E-state index in [0.29, 0.717) is 17.1 Å². The fourth-order valence-corrected chi connectivity index (χ4v) is 4.62. The quantitative estimate of drug-likeness (QED) is 0.809. The number of hydrogen-bond donors (Lipinski definition) is 1. The second-order valence-electron chi connectivity index (χ2n) is 8.59. The molecule has 1 aromatic carbocycles. The van der Waals surface area contributed by atoms with Crippen LogP contribution in [0, 0.1) is 57.2 Å². The van der Waals surface area contributed by atoms with E-state index in [1.165, 1.54) is 0 Å². The van der Waals surface area contributed by atoms with Gasteiger partial charge in [0.05, 0.1) is 29.3 Å². The van der Waals surface area contributed by atoms with Gasteiger partial charge in [0.25, 0.3) is 0 Å². The Labute approximate surface area is 161 Å². The van der Waals surface area contributed by atoms with Gasteiger partial charge in [0.2, 0.25) is 0 Å². The van der Waals surface area contributed by atoms with Crippen molar-refractivity contribution in [3.05, 3.63) is 58.8 Å². The molecule has 0 heterocycles. The van der Waals surface area contributed by atoms with Crippen LogP contribution < -0.4 is 5.73 Å². The summed E-state index contributed by atoms with van der Waals surface area (Å²) in [6.45, 7) is 6.60. The van der Waals surface area contributed by atoms with Crippen LogP contribution in [0.25, 0.3) is 0 Å². The topological polar surface area (TPSA) is 97.4 Å². The minimum absolute atomic E-state index is 0.0869. The maximum absolute atomic E-state index is 10.3. The molecule has 0 fully saturated rings. The number of nitrogens with two attached hydrogens (primary N) is 1. The summed E-state index contributed by atoms with van der Waals surface area (Å²) in [5, 5.41) is 30.2. The molecule has 0 radical (unpaired) electrons. The predicted molar refractivity (Wildman–Crippen MR) is 103 cm³/mol. The molecule has 0 unspecified atom stereocenters. The Balaban J connectivity index is 2.28. The molecule has 4 atom stereocenters. The van der Waals surface area contributed by atoms with E-state index in [4.69, 9.17) is 5.73 Å². The van der Waals surface area contributed by atoms with Gasteiger partial charge in [0.1, 0.15) is 11.5 Å². The first kappa shape index (κ1) is 18.8. The smallest absolute Gasteiger partial charge is 0.139 e. The van der Waals surface area contributed by atoms with Gasteiger partial charge in [-0.05, 0) is 35.3 Å². The fourth-order valence-electron chi connectivity index (χ4n) is 4.62. The van der Waals surface area contributed by atoms with E-state index in [-0.39, 0.29) is 17.0 Å². The summed E-state index contributed by atoms with van der Waals surface area (Å²) in [6, 6.07) is 16.2. The van der Waals surface area contributed by atoms with E-state index in [1.54, 1.807) is 0 Å². The maximum Gasteiger partial charge on any atom is 0.139 e. The van der Waals surface area contributed by atoms with Gasteiger partial charge in [-0.25, -0.2) is 0 Å². The van der Waals surface area contributed by atoms with Crippen LogP contribution in [0.1, 0.15) is 39.2 Å². The summed E-state index contributed by atoms with van der Waals surface area (Å²) in [5.74, 6) is -0.415. The first-order valence-corrected chi connectivity index (χ1v) is 9.28. The fraction of sp³-hybridized carbons (Fsp3) is 0.435. The van der Waals surface area contributed by atoms with Gasteiger partial charge in [-0.1, -0.05) is 57.2 Å². The molecule has 0 amide bonds. The number of hydrogen-bond acceptors (Lipinski definition) is 4. The van der Waals surface area contributed by atoms with Crippen molar-refractivity contribution in [3.63, 3.8) is 0 Å². The Bertz CT molecular complexity index is 928. The van der Waals surface area contributed by atoms with Crippen molar-refractivity contribution in [3.8, 4) is 18.2 Å². The zero-order valence-corrected chi connectivity index (χ0v) is 16.0. The second kappa shape index (κ2) is 6.61. The van der Waals surface area contributed by atoms with E-state index >= 15 is 0 Å². The van der Waals surface area contributed by atoms with Crippen molar-refractivity contribution in [1.29, 1.82) is 15.8 Å². The van der Waals surface area contributed by atoms with Crippen molar-refractivity contribution < 1.29 is 0 Å². The van der Waals surface area contributed by atoms with Gasteiger partial charge < -0.3 is 5.73 Å². The van der Waals surface area contributed by atoms with Gasteiger partial charge in [0.15, 0.2) is 0 Å². The highest BCUT2D eigenvalue weighted by Crippen LogP contribution is 2.54. The van der Waals surface area contributed by atoms with Crippen LogP contribution in [0.15, 0.2) is 53.3 Å². The molecule has 0 saturated carbocycles. The maximum atomic E-state index is 10.3. The Hall–Kier alpha value is -3.03. The SMILES string of the molecule is CC(C)(C)[C@@H]1CC=C2C(C#N)=C(N)[C@](C#N)(c3ccccc3)[C@@H](C#N)[C@@H]2C1. The standard InChI is InChI=1S/C23H24N4/c1-22(2,3)16-9-10-17-18(11-16)20(13-25)23(14-26,21(27)19(17)12-24)15-7-5-4-6-8-15/h4-8,10,16,18,20H,9,11,27H2,1-3H3/t16-,18-,20+,23-/m1/s1. The molecule has 0 spiro atoms. The van der Waals surface area contributed by atoms with Crippen LogP contribution in [0.5, 0.6) is 0 Å². The lowest BCUT2D eigenvalue weighted by molar-refractivity contribution is 0.167. The summed E-state index contributed by atoms with van der Waals surface area (Å²) in [5.41, 5.74) is 7.35. The van der Waals surface area contributed by atoms with Crippen LogP contribution in [0.3, 0.4) is 0 Å². The number of nitrogens with zero attached hydrogens (tertiary/aromatic N) is 3. The summed E-state index contributed by atoms with van der Waals surface area (Å²) < 4.78 is 0. The lowest BCUT2D eigenvalue weighted by Crippen LogP contribution is -2.48. The molecule has 2 N–H and O–H groups in total. The molecule has 0 aliphatic heterocycles. The number of rotatable bonds is 1. The Morgan fingerprint density at radius 1 is 1.11 bits per heavy atom. The largest absolute Gasteiger partial charge is 0.399 e. The van der Waals surface area contributed by atoms with Gasteiger partial charge in [0, 0.05) is 5.92 Å². The average molecular weight is 356 g/mol. The van der Waals surface area contributed by atoms with E-state index in [0.717, 1.165) is 18.4 Å². The van der Waals surface area contributed by atoms with E-state index in [2.05, 4.69) is 45.1 Å². The third-order valence-electron chi connectivity index (χ3n) is 6.29. The molecule has 4 nitrogen and oxygen atoms in total. The highest BCUT2D eigenvalue weighted by molar-refractivity contribution is 5.60. The number of fused-ring (bicyclic) bond motifs is 1. The molecule has 0 aromatic heterocycles. The van der Waals surface area contributed by atoms with Crippen molar-refractivity contribution >= 4 is 0 Å². The molecule has 0 saturated heterocycles. The van der Waals surface area contributed by atoms with E-state index < -0.39 is 11.3 Å². The summed E-state index contributed by atoms with van der Waals surface area (Å²) in [4.78, 5) is 0. The van der Waals surface area contributed by atoms with Crippen molar-refractivity contribution in [2.24, 2.45) is 28.9 Å². The average Bonchev–Trinajstić information content (AvgIpc) is 2.66. The van der Waals surface area contributed by atoms with Gasteiger partial charge in [-0.2, -0.15) is 15.8 Å². The molecule has 3 rings (SSSR count). The zero-order valence-electron chi connectivity index (χ0n) is 16.0. The highest BCUT2D eigenvalue weighted by atomic mass is 14.7. The molecule has 0 bridgehead atoms. The van der Waals surface area contributed by atoms with Crippen LogP contribution in [-0.2, 0) is 5.41 Å². The number of nitriles is 3. The third-order valence-corrected chi connectivity index (χ3v) is 6.29. The van der Waals surface area contributed by atoms with Gasteiger partial charge in [-0.15, -0.1) is 0 Å². The predicted octanol–water partition coefficient (Wildman–Crippen LogP) is 4.34. The highest BCUT2D eigenvalue weighted by Gasteiger charge is 2.55. The van der Waals surface area contributed by atoms with Crippen molar-refractivity contribution in [2.45, 2.75) is 39.0 Å². The summed E-state index contributed by atoms with van der Waals surface area (Å²) in [6.07, 6.45) is 3.71. The van der Waals surface area contributed by atoms with E-state index in [1.807, 2.05) is 30.3 Å². The van der Waals surface area contributed by atoms with Crippen LogP contribution in [0.4, 0.5) is 0 Å². The van der Waals surface area contributed by atoms with Crippen LogP contribution >= 0.6 is 0 Å². The van der Waals surface area contributed by atoms with Crippen LogP contribution in [-0.4, -0.2) is 0 Å². The Morgan fingerprint density at radius 3 is 2.30 bits per heavy atom. The summed E-state index contributed by atoms with van der Waals surface area (Å²) >= 11 is 0. The summed E-state index contributed by atoms with van der Waals surface area (Å²) in [7, 11) is 0. The van der Waals surface area contributed by atoms with Gasteiger partial charge >= 0.3 is 0 Å². The lowest BCUT2D eigenvalue weighted by atomic mass is 9.54. The van der Waals surface area contributed by atoms with Gasteiger partial charge in [-0.3, -0.25) is 0 Å². The Morgan fingerprint density at radius 2 is 1.78 bits per heavy atom. The minimum atomic E-state index is -1.30. The molecule has 1 aromatic rings. The Kier molecular flexibility index (Phi) is 4.59. The molecular weight excluding hydrogens is 332 g/mol. The minimum Gasteiger partial charge on any atom is -0.399 e. The molecule has 2 aliphatic carbocycles. The van der Waals surface area contributed by atoms with Crippen molar-refractivity contribution in [1.82, 2.24) is 0 Å². The van der Waals surface area contributed by atoms with Crippen LogP contribution in [0.2, 0.25) is 0 Å². The first-order valence-electron chi connectivity index (χ1n) is 9.28. The molecule has 4 heteroatoms. The first-order chi connectivity index (χ1) is 12.8. The molecule has 136 valence electrons. The molecular formula is C23H24N4. The number of allylic oxidation sites excluding steroid dienone is 4. The normalized spacial score (nSPS) is 30.4. The molecule has 27 heavy (non-hydrogen) atoms. The number of benzene rings is 1. The lowest BCUT2D eigenvalue weighted by Gasteiger charge is -2.46. The van der Waals surface area contributed by atoms with E-state index in [9.17, 15) is 15.8 Å². The third kappa shape index (κ3) is 2.72. The van der Waals surface area contributed by atoms with Crippen molar-refractivity contribution in [2.75, 3.05) is 0 Å². The monoisotopic (exact) mass is 356 g/mol. The molecule has 2 aliphatic rings. The zero-order chi connectivity index (χ0) is 19.8.